The topological polar surface area (TPSA) is 208 Å². The smallest absolute Gasteiger partial charge is 0.315 e. The number of carbonyl (C=O) groups excluding carboxylic acids is 4. The lowest BCUT2D eigenvalue weighted by atomic mass is 9.96. The van der Waals surface area contributed by atoms with E-state index in [1.165, 1.54) is 10.9 Å². The van der Waals surface area contributed by atoms with Crippen molar-refractivity contribution in [1.29, 1.82) is 0 Å². The van der Waals surface area contributed by atoms with E-state index < -0.39 is 6.10 Å². The van der Waals surface area contributed by atoms with Crippen LogP contribution in [0.3, 0.4) is 0 Å². The number of aliphatic hydroxyl groups is 1. The van der Waals surface area contributed by atoms with E-state index in [1.807, 2.05) is 11.8 Å². The van der Waals surface area contributed by atoms with E-state index in [0.717, 1.165) is 70.1 Å². The summed E-state index contributed by atoms with van der Waals surface area (Å²) < 4.78 is 2.07. The van der Waals surface area contributed by atoms with E-state index >= 15 is 0 Å². The van der Waals surface area contributed by atoms with Crippen LogP contribution >= 0.6 is 39.3 Å². The summed E-state index contributed by atoms with van der Waals surface area (Å²) in [5.74, 6) is 0.756. The summed E-state index contributed by atoms with van der Waals surface area (Å²) >= 11 is 11.5. The van der Waals surface area contributed by atoms with Gasteiger partial charge in [0.25, 0.3) is 5.56 Å². The number of unbranched alkanes of at least 4 members (excludes halogenated alkanes) is 5. The standard InChI is InChI=1S/C38H55BrClN9O6S/c39-26-20-28-25(19-27(26)40)37(54)49(23-44-28)21-24(18-29-31(50)10-9-17-41-29)47-48-35(53)14-4-2-8-16-42-33(51)12-3-1-7-15-43-34(52)13-6-5-11-32-36-30(22-56-32)45-38(55)46-36/h19-20,23,29-32,36,41,50H,1-18,21-22H2,(H,42,51)(H,43,52)(H,48,53)(H2,45,46,55)/b47-24-/t29-,30?,31+,32?,36?/m1/s1. The Bertz CT molecular complexity index is 1770. The Hall–Kier alpha value is -3.25. The molecule has 1 aromatic heterocycles. The number of fused-ring (bicyclic) bond motifs is 2. The molecule has 5 atom stereocenters. The number of hydrazone groups is 1. The number of hydrogen-bond acceptors (Lipinski definition) is 10. The van der Waals surface area contributed by atoms with Gasteiger partial charge < -0.3 is 31.7 Å². The van der Waals surface area contributed by atoms with Crippen LogP contribution < -0.4 is 37.6 Å². The van der Waals surface area contributed by atoms with Gasteiger partial charge in [-0.05, 0) is 86.0 Å². The summed E-state index contributed by atoms with van der Waals surface area (Å²) in [5, 5.41) is 31.3. The predicted molar refractivity (Wildman–Crippen MR) is 223 cm³/mol. The number of aliphatic hydroxyl groups excluding tert-OH is 1. The van der Waals surface area contributed by atoms with Gasteiger partial charge in [0.15, 0.2) is 0 Å². The molecule has 0 aliphatic carbocycles. The lowest BCUT2D eigenvalue weighted by Gasteiger charge is -2.29. The van der Waals surface area contributed by atoms with Crippen LogP contribution in [0.1, 0.15) is 96.3 Å². The van der Waals surface area contributed by atoms with Gasteiger partial charge in [-0.1, -0.05) is 30.9 Å². The summed E-state index contributed by atoms with van der Waals surface area (Å²) in [4.78, 5) is 66.4. The quantitative estimate of drug-likeness (QED) is 0.0396. The van der Waals surface area contributed by atoms with E-state index in [1.54, 1.807) is 12.1 Å². The lowest BCUT2D eigenvalue weighted by molar-refractivity contribution is -0.122. The molecule has 7 N–H and O–H groups in total. The van der Waals surface area contributed by atoms with Gasteiger partial charge in [0.05, 0.1) is 52.7 Å². The lowest BCUT2D eigenvalue weighted by Crippen LogP contribution is -2.46. The molecule has 308 valence electrons. The van der Waals surface area contributed by atoms with E-state index in [0.29, 0.717) is 76.6 Å². The van der Waals surface area contributed by atoms with Gasteiger partial charge in [0.2, 0.25) is 17.7 Å². The number of benzene rings is 1. The van der Waals surface area contributed by atoms with Crippen molar-refractivity contribution in [3.8, 4) is 0 Å². The minimum absolute atomic E-state index is 0.00241. The third-order valence-electron chi connectivity index (χ3n) is 10.4. The molecule has 18 heteroatoms. The van der Waals surface area contributed by atoms with Crippen molar-refractivity contribution in [3.05, 3.63) is 38.3 Å². The molecule has 1 aromatic carbocycles. The van der Waals surface area contributed by atoms with Crippen LogP contribution in [0.15, 0.2) is 32.8 Å². The third-order valence-corrected chi connectivity index (χ3v) is 13.2. The van der Waals surface area contributed by atoms with Crippen molar-refractivity contribution in [3.63, 3.8) is 0 Å². The zero-order valence-electron chi connectivity index (χ0n) is 31.8. The second-order valence-corrected chi connectivity index (χ2v) is 17.4. The molecular formula is C38H55BrClN9O6S. The first kappa shape index (κ1) is 43.9. The summed E-state index contributed by atoms with van der Waals surface area (Å²) in [6.45, 7) is 2.00. The highest BCUT2D eigenvalue weighted by Gasteiger charge is 2.42. The first-order valence-electron chi connectivity index (χ1n) is 19.9. The largest absolute Gasteiger partial charge is 0.391 e. The monoisotopic (exact) mass is 879 g/mol. The number of hydrogen-bond donors (Lipinski definition) is 7. The van der Waals surface area contributed by atoms with Gasteiger partial charge in [-0.25, -0.2) is 15.2 Å². The van der Waals surface area contributed by atoms with E-state index in [-0.39, 0.29) is 60.4 Å². The summed E-state index contributed by atoms with van der Waals surface area (Å²) in [6, 6.07) is 3.37. The molecule has 5 amide bonds. The molecule has 0 radical (unpaired) electrons. The first-order valence-corrected chi connectivity index (χ1v) is 22.1. The minimum Gasteiger partial charge on any atom is -0.391 e. The van der Waals surface area contributed by atoms with Gasteiger partial charge in [-0.15, -0.1) is 0 Å². The Labute approximate surface area is 345 Å². The highest BCUT2D eigenvalue weighted by atomic mass is 79.9. The summed E-state index contributed by atoms with van der Waals surface area (Å²) in [5.41, 5.74) is 3.37. The number of nitrogens with one attached hydrogen (secondary N) is 6. The van der Waals surface area contributed by atoms with Crippen LogP contribution in [0, 0.1) is 0 Å². The van der Waals surface area contributed by atoms with E-state index in [4.69, 9.17) is 11.6 Å². The first-order chi connectivity index (χ1) is 27.1. The fraction of sp³-hybridized carbons (Fsp3) is 0.658. The molecule has 3 unspecified atom stereocenters. The van der Waals surface area contributed by atoms with Crippen molar-refractivity contribution >= 4 is 79.7 Å². The zero-order chi connectivity index (χ0) is 39.9. The molecule has 3 aliphatic rings. The molecule has 0 saturated carbocycles. The fourth-order valence-electron chi connectivity index (χ4n) is 7.28. The zero-order valence-corrected chi connectivity index (χ0v) is 34.9. The maximum Gasteiger partial charge on any atom is 0.315 e. The van der Waals surface area contributed by atoms with Gasteiger partial charge in [-0.3, -0.25) is 23.7 Å². The highest BCUT2D eigenvalue weighted by molar-refractivity contribution is 9.10. The molecule has 3 fully saturated rings. The summed E-state index contributed by atoms with van der Waals surface area (Å²) in [6.07, 6.45) is 11.3. The Kier molecular flexibility index (Phi) is 17.7. The van der Waals surface area contributed by atoms with Crippen LogP contribution in [-0.4, -0.2) is 99.0 Å². The van der Waals surface area contributed by atoms with Crippen molar-refractivity contribution < 1.29 is 24.3 Å². The van der Waals surface area contributed by atoms with Crippen molar-refractivity contribution in [2.24, 2.45) is 5.10 Å². The molecule has 15 nitrogen and oxygen atoms in total. The number of aromatic nitrogens is 2. The van der Waals surface area contributed by atoms with E-state index in [9.17, 15) is 29.1 Å². The molecule has 3 aliphatic heterocycles. The molecule has 3 saturated heterocycles. The number of carbonyl (C=O) groups is 4. The van der Waals surface area contributed by atoms with Gasteiger partial charge in [0, 0.05) is 60.3 Å². The number of thioether (sulfide) groups is 1. The van der Waals surface area contributed by atoms with Crippen molar-refractivity contribution in [1.82, 2.24) is 41.6 Å². The number of rotatable bonds is 22. The van der Waals surface area contributed by atoms with Crippen LogP contribution in [-0.2, 0) is 20.9 Å². The molecule has 56 heavy (non-hydrogen) atoms. The number of halogens is 2. The Morgan fingerprint density at radius 1 is 0.964 bits per heavy atom. The van der Waals surface area contributed by atoms with Gasteiger partial charge in [-0.2, -0.15) is 16.9 Å². The molecule has 5 rings (SSSR count). The SMILES string of the molecule is O=C(CCCCCNC(=O)CCCCC1SCC2NC(=O)NC21)NCCCCCC(=O)N/N=C(/C[C@H]1NCCC[C@@H]1O)Cn1cnc2cc(Br)c(Cl)cc2c1=O. The second kappa shape index (κ2) is 22.6. The predicted octanol–water partition coefficient (Wildman–Crippen LogP) is 3.87. The van der Waals surface area contributed by atoms with Crippen molar-refractivity contribution in [2.45, 2.75) is 132 Å². The molecule has 4 heterocycles. The van der Waals surface area contributed by atoms with Gasteiger partial charge in [0.1, 0.15) is 0 Å². The van der Waals surface area contributed by atoms with Crippen LogP contribution in [0.5, 0.6) is 0 Å². The third kappa shape index (κ3) is 13.7. The minimum atomic E-state index is -0.563. The Balaban J connectivity index is 0.905. The Morgan fingerprint density at radius 2 is 1.66 bits per heavy atom. The number of nitrogens with zero attached hydrogens (tertiary/aromatic N) is 3. The normalized spacial score (nSPS) is 22.0. The number of amides is 5. The second-order valence-electron chi connectivity index (χ2n) is 14.8. The molecule has 2 aromatic rings. The summed E-state index contributed by atoms with van der Waals surface area (Å²) in [7, 11) is 0. The van der Waals surface area contributed by atoms with Gasteiger partial charge >= 0.3 is 6.03 Å². The molecular weight excluding hydrogens is 826 g/mol. The number of urea groups is 1. The average molecular weight is 881 g/mol. The number of piperidine rings is 1. The van der Waals surface area contributed by atoms with E-state index in [2.05, 4.69) is 58.0 Å². The maximum absolute atomic E-state index is 13.3. The Morgan fingerprint density at radius 3 is 2.38 bits per heavy atom. The van der Waals surface area contributed by atoms with Crippen LogP contribution in [0.2, 0.25) is 5.02 Å². The highest BCUT2D eigenvalue weighted by Crippen LogP contribution is 2.33. The fourth-order valence-corrected chi connectivity index (χ4v) is 9.32. The van der Waals surface area contributed by atoms with Crippen LogP contribution in [0.25, 0.3) is 10.9 Å². The van der Waals surface area contributed by atoms with Crippen molar-refractivity contribution in [2.75, 3.05) is 25.4 Å². The van der Waals surface area contributed by atoms with Crippen LogP contribution in [0.4, 0.5) is 4.79 Å². The maximum atomic E-state index is 13.3. The molecule has 0 bridgehead atoms. The average Bonchev–Trinajstić information content (AvgIpc) is 3.73. The molecule has 0 spiro atoms.